The Balaban J connectivity index is 2.20. The zero-order valence-corrected chi connectivity index (χ0v) is 12.5. The lowest BCUT2D eigenvalue weighted by Crippen LogP contribution is -2.31. The summed E-state index contributed by atoms with van der Waals surface area (Å²) in [6.45, 7) is 0.541. The summed E-state index contributed by atoms with van der Waals surface area (Å²) in [7, 11) is 4.33. The number of rotatable bonds is 6. The van der Waals surface area contributed by atoms with E-state index in [1.54, 1.807) is 14.2 Å². The van der Waals surface area contributed by atoms with Gasteiger partial charge in [0, 0.05) is 29.7 Å². The summed E-state index contributed by atoms with van der Waals surface area (Å²) in [5.74, 6) is 1.44. The summed E-state index contributed by atoms with van der Waals surface area (Å²) in [5.41, 5.74) is 2.47. The van der Waals surface area contributed by atoms with E-state index in [9.17, 15) is 4.21 Å². The highest BCUT2D eigenvalue weighted by atomic mass is 32.2. The number of ether oxygens (including phenoxy) is 2. The van der Waals surface area contributed by atoms with Crippen molar-refractivity contribution in [2.24, 2.45) is 0 Å². The van der Waals surface area contributed by atoms with E-state index in [0.717, 1.165) is 12.2 Å². The lowest BCUT2D eigenvalue weighted by Gasteiger charge is -2.19. The first-order valence-corrected chi connectivity index (χ1v) is 7.79. The predicted molar refractivity (Wildman–Crippen MR) is 77.2 cm³/mol. The molecule has 0 aliphatic heterocycles. The molecule has 106 valence electrons. The zero-order valence-electron chi connectivity index (χ0n) is 11.6. The lowest BCUT2D eigenvalue weighted by molar-refractivity contribution is 0.217. The fraction of sp³-hybridized carbons (Fsp3) is 0.571. The zero-order chi connectivity index (χ0) is 13.8. The van der Waals surface area contributed by atoms with Crippen molar-refractivity contribution in [3.8, 4) is 5.75 Å². The molecule has 1 N–H and O–H groups in total. The molecule has 0 aromatic heterocycles. The average molecular weight is 283 g/mol. The van der Waals surface area contributed by atoms with Gasteiger partial charge in [-0.3, -0.25) is 4.21 Å². The van der Waals surface area contributed by atoms with E-state index < -0.39 is 10.8 Å². The molecular weight excluding hydrogens is 262 g/mol. The van der Waals surface area contributed by atoms with Crippen molar-refractivity contribution in [2.45, 2.75) is 17.7 Å². The number of hydrogen-bond acceptors (Lipinski definition) is 4. The molecule has 0 bridgehead atoms. The van der Waals surface area contributed by atoms with E-state index in [2.05, 4.69) is 11.4 Å². The van der Waals surface area contributed by atoms with Gasteiger partial charge < -0.3 is 14.8 Å². The first-order chi connectivity index (χ1) is 9.21. The van der Waals surface area contributed by atoms with Crippen LogP contribution in [0.5, 0.6) is 5.75 Å². The Morgan fingerprint density at radius 2 is 2.21 bits per heavy atom. The SMILES string of the molecule is CNC1c2cc(OC)ccc2CC1S(=O)CCOC. The van der Waals surface area contributed by atoms with Crippen molar-refractivity contribution in [3.05, 3.63) is 29.3 Å². The van der Waals surface area contributed by atoms with Gasteiger partial charge in [-0.25, -0.2) is 0 Å². The molecule has 0 saturated carbocycles. The van der Waals surface area contributed by atoms with Gasteiger partial charge in [-0.1, -0.05) is 6.07 Å². The molecule has 0 fully saturated rings. The summed E-state index contributed by atoms with van der Waals surface area (Å²) in [4.78, 5) is 0. The summed E-state index contributed by atoms with van der Waals surface area (Å²) < 4.78 is 22.6. The third kappa shape index (κ3) is 2.99. The van der Waals surface area contributed by atoms with E-state index in [1.807, 2.05) is 19.2 Å². The first-order valence-electron chi connectivity index (χ1n) is 6.41. The quantitative estimate of drug-likeness (QED) is 0.854. The van der Waals surface area contributed by atoms with Crippen LogP contribution in [0.15, 0.2) is 18.2 Å². The Morgan fingerprint density at radius 1 is 1.42 bits per heavy atom. The molecule has 1 aromatic carbocycles. The third-order valence-corrected chi connectivity index (χ3v) is 5.30. The summed E-state index contributed by atoms with van der Waals surface area (Å²) in [5, 5.41) is 3.40. The van der Waals surface area contributed by atoms with E-state index in [4.69, 9.17) is 9.47 Å². The molecule has 0 spiro atoms. The fourth-order valence-electron chi connectivity index (χ4n) is 2.61. The molecule has 19 heavy (non-hydrogen) atoms. The van der Waals surface area contributed by atoms with Crippen molar-refractivity contribution in [1.29, 1.82) is 0 Å². The molecule has 3 atom stereocenters. The van der Waals surface area contributed by atoms with Gasteiger partial charge in [0.25, 0.3) is 0 Å². The van der Waals surface area contributed by atoms with Crippen molar-refractivity contribution in [2.75, 3.05) is 33.6 Å². The van der Waals surface area contributed by atoms with Gasteiger partial charge in [0.05, 0.1) is 19.0 Å². The van der Waals surface area contributed by atoms with Crippen LogP contribution < -0.4 is 10.1 Å². The van der Waals surface area contributed by atoms with Crippen LogP contribution in [0.2, 0.25) is 0 Å². The highest BCUT2D eigenvalue weighted by Crippen LogP contribution is 2.36. The lowest BCUT2D eigenvalue weighted by atomic mass is 10.1. The van der Waals surface area contributed by atoms with Crippen LogP contribution in [0, 0.1) is 0 Å². The minimum atomic E-state index is -0.888. The van der Waals surface area contributed by atoms with Gasteiger partial charge >= 0.3 is 0 Å². The van der Waals surface area contributed by atoms with Crippen LogP contribution in [0.4, 0.5) is 0 Å². The van der Waals surface area contributed by atoms with Gasteiger partial charge in [0.15, 0.2) is 0 Å². The van der Waals surface area contributed by atoms with Crippen LogP contribution in [-0.2, 0) is 22.0 Å². The first kappa shape index (κ1) is 14.5. The number of methoxy groups -OCH3 is 2. The van der Waals surface area contributed by atoms with Gasteiger partial charge in [0.1, 0.15) is 5.75 Å². The second-order valence-corrected chi connectivity index (χ2v) is 6.43. The Labute approximate surface area is 116 Å². The highest BCUT2D eigenvalue weighted by Gasteiger charge is 2.35. The molecule has 1 aliphatic rings. The molecule has 1 aliphatic carbocycles. The number of hydrogen-bond donors (Lipinski definition) is 1. The molecule has 5 heteroatoms. The number of fused-ring (bicyclic) bond motifs is 1. The Kier molecular flexibility index (Phi) is 4.96. The monoisotopic (exact) mass is 283 g/mol. The fourth-order valence-corrected chi connectivity index (χ4v) is 4.20. The predicted octanol–water partition coefficient (Wildman–Crippen LogP) is 1.28. The Morgan fingerprint density at radius 3 is 2.84 bits per heavy atom. The van der Waals surface area contributed by atoms with Crippen LogP contribution >= 0.6 is 0 Å². The molecule has 3 unspecified atom stereocenters. The van der Waals surface area contributed by atoms with E-state index in [1.165, 1.54) is 11.1 Å². The molecule has 1 aromatic rings. The molecular formula is C14H21NO3S. The summed E-state index contributed by atoms with van der Waals surface area (Å²) in [6, 6.07) is 6.21. The number of nitrogens with one attached hydrogen (secondary N) is 1. The summed E-state index contributed by atoms with van der Waals surface area (Å²) >= 11 is 0. The molecule has 0 radical (unpaired) electrons. The topological polar surface area (TPSA) is 47.6 Å². The van der Waals surface area contributed by atoms with Crippen LogP contribution in [0.1, 0.15) is 17.2 Å². The van der Waals surface area contributed by atoms with Crippen molar-refractivity contribution < 1.29 is 13.7 Å². The normalized spacial score (nSPS) is 23.1. The van der Waals surface area contributed by atoms with Crippen LogP contribution in [0.25, 0.3) is 0 Å². The number of benzene rings is 1. The largest absolute Gasteiger partial charge is 0.497 e. The van der Waals surface area contributed by atoms with E-state index in [0.29, 0.717) is 12.4 Å². The van der Waals surface area contributed by atoms with Gasteiger partial charge in [0.2, 0.25) is 0 Å². The summed E-state index contributed by atoms with van der Waals surface area (Å²) in [6.07, 6.45) is 0.848. The van der Waals surface area contributed by atoms with E-state index in [-0.39, 0.29) is 11.3 Å². The van der Waals surface area contributed by atoms with Crippen LogP contribution in [0.3, 0.4) is 0 Å². The van der Waals surface area contributed by atoms with E-state index >= 15 is 0 Å². The molecule has 2 rings (SSSR count). The maximum atomic E-state index is 12.4. The minimum Gasteiger partial charge on any atom is -0.497 e. The van der Waals surface area contributed by atoms with Crippen molar-refractivity contribution in [1.82, 2.24) is 5.32 Å². The third-order valence-electron chi connectivity index (χ3n) is 3.62. The molecule has 0 saturated heterocycles. The standard InChI is InChI=1S/C14H21NO3S/c1-15-14-12-9-11(18-3)5-4-10(12)8-13(14)19(16)7-6-17-2/h4-5,9,13-15H,6-8H2,1-3H3. The Bertz CT molecular complexity index is 464. The average Bonchev–Trinajstić information content (AvgIpc) is 2.82. The Hall–Kier alpha value is -0.910. The second-order valence-electron chi connectivity index (χ2n) is 4.65. The maximum Gasteiger partial charge on any atom is 0.119 e. The van der Waals surface area contributed by atoms with Gasteiger partial charge in [-0.2, -0.15) is 0 Å². The van der Waals surface area contributed by atoms with Crippen LogP contribution in [-0.4, -0.2) is 43.1 Å². The maximum absolute atomic E-state index is 12.4. The van der Waals surface area contributed by atoms with Gasteiger partial charge in [-0.15, -0.1) is 0 Å². The smallest absolute Gasteiger partial charge is 0.119 e. The highest BCUT2D eigenvalue weighted by molar-refractivity contribution is 7.85. The van der Waals surface area contributed by atoms with Gasteiger partial charge in [-0.05, 0) is 36.7 Å². The molecule has 0 heterocycles. The molecule has 0 amide bonds. The molecule has 4 nitrogen and oxygen atoms in total. The second kappa shape index (κ2) is 6.50. The van der Waals surface area contributed by atoms with Crippen molar-refractivity contribution >= 4 is 10.8 Å². The van der Waals surface area contributed by atoms with Crippen molar-refractivity contribution in [3.63, 3.8) is 0 Å². The minimum absolute atomic E-state index is 0.113.